The lowest BCUT2D eigenvalue weighted by molar-refractivity contribution is -0.114. The van der Waals surface area contributed by atoms with Gasteiger partial charge in [0.2, 0.25) is 15.9 Å². The third kappa shape index (κ3) is 5.72. The molecule has 0 bridgehead atoms. The van der Waals surface area contributed by atoms with Crippen molar-refractivity contribution < 1.29 is 17.9 Å². The van der Waals surface area contributed by atoms with Crippen LogP contribution in [0.4, 0.5) is 11.4 Å². The SMILES string of the molecule is CCOc1ccc(NC(=O)CN(c2ccccc2C(C)C)S(C)(=O)=O)cc1. The minimum Gasteiger partial charge on any atom is -0.494 e. The Balaban J connectivity index is 2.21. The maximum Gasteiger partial charge on any atom is 0.245 e. The van der Waals surface area contributed by atoms with Gasteiger partial charge in [0.15, 0.2) is 0 Å². The molecule has 6 nitrogen and oxygen atoms in total. The van der Waals surface area contributed by atoms with Gasteiger partial charge in [0.1, 0.15) is 12.3 Å². The molecule has 146 valence electrons. The first-order chi connectivity index (χ1) is 12.7. The zero-order valence-electron chi connectivity index (χ0n) is 16.1. The summed E-state index contributed by atoms with van der Waals surface area (Å²) in [5, 5.41) is 2.73. The average Bonchev–Trinajstić information content (AvgIpc) is 2.60. The largest absolute Gasteiger partial charge is 0.494 e. The van der Waals surface area contributed by atoms with Gasteiger partial charge in [0, 0.05) is 5.69 Å². The number of carbonyl (C=O) groups is 1. The highest BCUT2D eigenvalue weighted by molar-refractivity contribution is 7.92. The Bertz CT molecular complexity index is 877. The van der Waals surface area contributed by atoms with Gasteiger partial charge in [0.05, 0.1) is 18.6 Å². The molecule has 0 unspecified atom stereocenters. The van der Waals surface area contributed by atoms with E-state index in [1.165, 1.54) is 0 Å². The number of anilines is 2. The summed E-state index contributed by atoms with van der Waals surface area (Å²) in [5.74, 6) is 0.418. The van der Waals surface area contributed by atoms with Crippen LogP contribution in [0.2, 0.25) is 0 Å². The van der Waals surface area contributed by atoms with Crippen LogP contribution in [0.15, 0.2) is 48.5 Å². The fourth-order valence-corrected chi connectivity index (χ4v) is 3.59. The fraction of sp³-hybridized carbons (Fsp3) is 0.350. The molecule has 7 heteroatoms. The van der Waals surface area contributed by atoms with Crippen molar-refractivity contribution in [3.05, 3.63) is 54.1 Å². The quantitative estimate of drug-likeness (QED) is 0.747. The second kappa shape index (κ2) is 8.90. The molecule has 1 N–H and O–H groups in total. The van der Waals surface area contributed by atoms with E-state index in [2.05, 4.69) is 5.32 Å². The van der Waals surface area contributed by atoms with Crippen LogP contribution in [0.5, 0.6) is 5.75 Å². The Morgan fingerprint density at radius 3 is 2.30 bits per heavy atom. The third-order valence-electron chi connectivity index (χ3n) is 3.96. The lowest BCUT2D eigenvalue weighted by Crippen LogP contribution is -2.38. The van der Waals surface area contributed by atoms with E-state index in [1.54, 1.807) is 36.4 Å². The molecule has 0 atom stereocenters. The number of nitrogens with zero attached hydrogens (tertiary/aromatic N) is 1. The van der Waals surface area contributed by atoms with E-state index in [0.717, 1.165) is 16.1 Å². The van der Waals surface area contributed by atoms with Gasteiger partial charge in [0.25, 0.3) is 0 Å². The number of carbonyl (C=O) groups excluding carboxylic acids is 1. The summed E-state index contributed by atoms with van der Waals surface area (Å²) < 4.78 is 31.2. The first-order valence-corrected chi connectivity index (χ1v) is 10.7. The molecule has 1 amide bonds. The Morgan fingerprint density at radius 1 is 1.11 bits per heavy atom. The van der Waals surface area contributed by atoms with Crippen molar-refractivity contribution in [2.24, 2.45) is 0 Å². The van der Waals surface area contributed by atoms with E-state index in [4.69, 9.17) is 4.74 Å². The highest BCUT2D eigenvalue weighted by Gasteiger charge is 2.24. The number of hydrogen-bond donors (Lipinski definition) is 1. The summed E-state index contributed by atoms with van der Waals surface area (Å²) in [6, 6.07) is 14.2. The van der Waals surface area contributed by atoms with Crippen LogP contribution in [0.25, 0.3) is 0 Å². The lowest BCUT2D eigenvalue weighted by atomic mass is 10.0. The summed E-state index contributed by atoms with van der Waals surface area (Å²) in [4.78, 5) is 12.5. The minimum absolute atomic E-state index is 0.125. The molecule has 27 heavy (non-hydrogen) atoms. The Labute approximate surface area is 161 Å². The summed E-state index contributed by atoms with van der Waals surface area (Å²) in [6.07, 6.45) is 1.11. The highest BCUT2D eigenvalue weighted by atomic mass is 32.2. The van der Waals surface area contributed by atoms with Crippen LogP contribution in [-0.2, 0) is 14.8 Å². The number of sulfonamides is 1. The number of hydrogen-bond acceptors (Lipinski definition) is 4. The topological polar surface area (TPSA) is 75.7 Å². The molecular weight excluding hydrogens is 364 g/mol. The third-order valence-corrected chi connectivity index (χ3v) is 5.09. The first-order valence-electron chi connectivity index (χ1n) is 8.81. The molecule has 0 heterocycles. The molecule has 2 aromatic carbocycles. The molecule has 0 aromatic heterocycles. The number of benzene rings is 2. The average molecular weight is 391 g/mol. The van der Waals surface area contributed by atoms with Crippen LogP contribution in [-0.4, -0.2) is 33.7 Å². The highest BCUT2D eigenvalue weighted by Crippen LogP contribution is 2.29. The molecule has 0 fully saturated rings. The summed E-state index contributed by atoms with van der Waals surface area (Å²) >= 11 is 0. The van der Waals surface area contributed by atoms with Gasteiger partial charge in [-0.05, 0) is 48.7 Å². The van der Waals surface area contributed by atoms with E-state index in [1.807, 2.05) is 32.9 Å². The molecule has 2 aromatic rings. The monoisotopic (exact) mass is 390 g/mol. The maximum absolute atomic E-state index is 12.5. The van der Waals surface area contributed by atoms with E-state index in [9.17, 15) is 13.2 Å². The summed E-state index contributed by atoms with van der Waals surface area (Å²) in [6.45, 7) is 6.13. The van der Waals surface area contributed by atoms with Crippen molar-refractivity contribution in [2.75, 3.05) is 29.0 Å². The number of ether oxygens (including phenoxy) is 1. The predicted octanol–water partition coefficient (Wildman–Crippen LogP) is 3.61. The molecule has 0 spiro atoms. The predicted molar refractivity (Wildman–Crippen MR) is 109 cm³/mol. The second-order valence-electron chi connectivity index (χ2n) is 6.49. The summed E-state index contributed by atoms with van der Waals surface area (Å²) in [5.41, 5.74) is 1.97. The lowest BCUT2D eigenvalue weighted by Gasteiger charge is -2.25. The van der Waals surface area contributed by atoms with Gasteiger partial charge in [-0.2, -0.15) is 0 Å². The number of rotatable bonds is 8. The van der Waals surface area contributed by atoms with Gasteiger partial charge in [-0.15, -0.1) is 0 Å². The van der Waals surface area contributed by atoms with E-state index in [-0.39, 0.29) is 12.5 Å². The summed E-state index contributed by atoms with van der Waals surface area (Å²) in [7, 11) is -3.62. The van der Waals surface area contributed by atoms with Crippen LogP contribution in [0, 0.1) is 0 Å². The van der Waals surface area contributed by atoms with E-state index >= 15 is 0 Å². The molecule has 0 aliphatic rings. The molecule has 0 radical (unpaired) electrons. The van der Waals surface area contributed by atoms with Gasteiger partial charge in [-0.1, -0.05) is 32.0 Å². The van der Waals surface area contributed by atoms with Crippen LogP contribution in [0.1, 0.15) is 32.3 Å². The normalized spacial score (nSPS) is 11.3. The smallest absolute Gasteiger partial charge is 0.245 e. The number of amides is 1. The zero-order valence-corrected chi connectivity index (χ0v) is 16.9. The molecular formula is C20H26N2O4S. The Hall–Kier alpha value is -2.54. The zero-order chi connectivity index (χ0) is 20.0. The van der Waals surface area contributed by atoms with Crippen molar-refractivity contribution in [3.8, 4) is 5.75 Å². The minimum atomic E-state index is -3.62. The number of nitrogens with one attached hydrogen (secondary N) is 1. The van der Waals surface area contributed by atoms with E-state index in [0.29, 0.717) is 23.7 Å². The van der Waals surface area contributed by atoms with Crippen molar-refractivity contribution in [2.45, 2.75) is 26.7 Å². The van der Waals surface area contributed by atoms with Crippen LogP contribution in [0.3, 0.4) is 0 Å². The van der Waals surface area contributed by atoms with E-state index < -0.39 is 15.9 Å². The Morgan fingerprint density at radius 2 is 1.74 bits per heavy atom. The standard InChI is InChI=1S/C20H26N2O4S/c1-5-26-17-12-10-16(11-13-17)21-20(23)14-22(27(4,24)25)19-9-7-6-8-18(19)15(2)3/h6-13,15H,5,14H2,1-4H3,(H,21,23). The maximum atomic E-state index is 12.5. The second-order valence-corrected chi connectivity index (χ2v) is 8.40. The van der Waals surface area contributed by atoms with Gasteiger partial charge in [-0.25, -0.2) is 8.42 Å². The molecule has 0 aliphatic heterocycles. The molecule has 0 saturated carbocycles. The number of para-hydroxylation sites is 1. The van der Waals surface area contributed by atoms with Crippen molar-refractivity contribution in [1.29, 1.82) is 0 Å². The van der Waals surface area contributed by atoms with Crippen molar-refractivity contribution in [1.82, 2.24) is 0 Å². The Kier molecular flexibility index (Phi) is 6.85. The van der Waals surface area contributed by atoms with Gasteiger partial charge < -0.3 is 10.1 Å². The fourth-order valence-electron chi connectivity index (χ4n) is 2.72. The molecule has 0 saturated heterocycles. The van der Waals surface area contributed by atoms with Gasteiger partial charge in [-0.3, -0.25) is 9.10 Å². The van der Waals surface area contributed by atoms with Crippen LogP contribution >= 0.6 is 0 Å². The van der Waals surface area contributed by atoms with Gasteiger partial charge >= 0.3 is 0 Å². The van der Waals surface area contributed by atoms with Crippen molar-refractivity contribution in [3.63, 3.8) is 0 Å². The van der Waals surface area contributed by atoms with Crippen molar-refractivity contribution >= 4 is 27.3 Å². The first kappa shape index (κ1) is 20.8. The van der Waals surface area contributed by atoms with Crippen LogP contribution < -0.4 is 14.4 Å². The molecule has 0 aliphatic carbocycles. The molecule has 2 rings (SSSR count).